The molecule has 0 bridgehead atoms. The standard InChI is InChI=1S/C23H20N4O3/c1-14-6-8-18-16(11-14)17(12-20(26-18)21-5-4-10-30-21)22(28)25-15-7-9-19(24-13-15)23(29)27(2)3/h4-13H,1-3H3,(H,25,28). The molecule has 0 saturated heterocycles. The van der Waals surface area contributed by atoms with Crippen molar-refractivity contribution in [3.8, 4) is 11.5 Å². The monoisotopic (exact) mass is 400 g/mol. The summed E-state index contributed by atoms with van der Waals surface area (Å²) in [6.45, 7) is 1.96. The third-order valence-corrected chi connectivity index (χ3v) is 4.63. The van der Waals surface area contributed by atoms with Gasteiger partial charge in [-0.3, -0.25) is 9.59 Å². The fourth-order valence-electron chi connectivity index (χ4n) is 3.10. The summed E-state index contributed by atoms with van der Waals surface area (Å²) >= 11 is 0. The van der Waals surface area contributed by atoms with Crippen molar-refractivity contribution in [3.05, 3.63) is 77.8 Å². The van der Waals surface area contributed by atoms with Crippen LogP contribution in [0.1, 0.15) is 26.4 Å². The van der Waals surface area contributed by atoms with Gasteiger partial charge in [0.1, 0.15) is 11.4 Å². The molecule has 0 aliphatic carbocycles. The Morgan fingerprint density at radius 1 is 1.07 bits per heavy atom. The van der Waals surface area contributed by atoms with E-state index in [2.05, 4.69) is 15.3 Å². The van der Waals surface area contributed by atoms with E-state index in [0.29, 0.717) is 33.9 Å². The fraction of sp³-hybridized carbons (Fsp3) is 0.130. The van der Waals surface area contributed by atoms with E-state index in [4.69, 9.17) is 4.42 Å². The number of aromatic nitrogens is 2. The second-order valence-corrected chi connectivity index (χ2v) is 7.14. The Hall–Kier alpha value is -4.00. The molecule has 0 atom stereocenters. The molecule has 0 unspecified atom stereocenters. The van der Waals surface area contributed by atoms with Crippen LogP contribution < -0.4 is 5.32 Å². The minimum absolute atomic E-state index is 0.202. The Bertz CT molecular complexity index is 1230. The van der Waals surface area contributed by atoms with Crippen LogP contribution >= 0.6 is 0 Å². The third kappa shape index (κ3) is 3.77. The molecule has 1 aromatic carbocycles. The summed E-state index contributed by atoms with van der Waals surface area (Å²) in [5.74, 6) is 0.0839. The van der Waals surface area contributed by atoms with Crippen LogP contribution in [0.4, 0.5) is 5.69 Å². The molecule has 3 aromatic heterocycles. The van der Waals surface area contributed by atoms with Crippen LogP contribution in [0.2, 0.25) is 0 Å². The van der Waals surface area contributed by atoms with E-state index in [1.807, 2.05) is 25.1 Å². The van der Waals surface area contributed by atoms with Gasteiger partial charge in [-0.1, -0.05) is 11.6 Å². The molecule has 30 heavy (non-hydrogen) atoms. The fourth-order valence-corrected chi connectivity index (χ4v) is 3.10. The maximum absolute atomic E-state index is 13.1. The van der Waals surface area contributed by atoms with Gasteiger partial charge in [0.2, 0.25) is 0 Å². The normalized spacial score (nSPS) is 10.8. The molecule has 1 N–H and O–H groups in total. The SMILES string of the molecule is Cc1ccc2nc(-c3ccco3)cc(C(=O)Nc3ccc(C(=O)N(C)C)nc3)c2c1. The van der Waals surface area contributed by atoms with E-state index in [1.54, 1.807) is 50.7 Å². The Kier molecular flexibility index (Phi) is 5.02. The Morgan fingerprint density at radius 2 is 1.90 bits per heavy atom. The molecule has 0 spiro atoms. The molecule has 0 aliphatic rings. The predicted octanol–water partition coefficient (Wildman–Crippen LogP) is 4.15. The molecular formula is C23H20N4O3. The number of fused-ring (bicyclic) bond motifs is 1. The van der Waals surface area contributed by atoms with Gasteiger partial charge in [-0.2, -0.15) is 0 Å². The van der Waals surface area contributed by atoms with Crippen LogP contribution in [-0.2, 0) is 0 Å². The number of pyridine rings is 2. The number of nitrogens with one attached hydrogen (secondary N) is 1. The predicted molar refractivity (Wildman–Crippen MR) is 114 cm³/mol. The largest absolute Gasteiger partial charge is 0.463 e. The topological polar surface area (TPSA) is 88.3 Å². The highest BCUT2D eigenvalue weighted by Crippen LogP contribution is 2.26. The average Bonchev–Trinajstić information content (AvgIpc) is 3.28. The molecule has 7 heteroatoms. The van der Waals surface area contributed by atoms with Crippen LogP contribution in [0.25, 0.3) is 22.4 Å². The number of furan rings is 1. The average molecular weight is 400 g/mol. The van der Waals surface area contributed by atoms with Crippen molar-refractivity contribution in [2.75, 3.05) is 19.4 Å². The Morgan fingerprint density at radius 3 is 2.57 bits per heavy atom. The molecule has 7 nitrogen and oxygen atoms in total. The van der Waals surface area contributed by atoms with Gasteiger partial charge in [-0.05, 0) is 49.4 Å². The van der Waals surface area contributed by atoms with Gasteiger partial charge < -0.3 is 14.6 Å². The molecule has 150 valence electrons. The van der Waals surface area contributed by atoms with E-state index in [-0.39, 0.29) is 11.8 Å². The van der Waals surface area contributed by atoms with Crippen molar-refractivity contribution in [2.24, 2.45) is 0 Å². The molecule has 0 aliphatic heterocycles. The number of aryl methyl sites for hydroxylation is 1. The molecule has 2 amide bonds. The molecule has 4 aromatic rings. The summed E-state index contributed by atoms with van der Waals surface area (Å²) in [6.07, 6.45) is 3.04. The minimum Gasteiger partial charge on any atom is -0.463 e. The molecule has 4 rings (SSSR count). The first-order chi connectivity index (χ1) is 14.4. The lowest BCUT2D eigenvalue weighted by Crippen LogP contribution is -2.22. The lowest BCUT2D eigenvalue weighted by Gasteiger charge is -2.12. The molecular weight excluding hydrogens is 380 g/mol. The van der Waals surface area contributed by atoms with E-state index in [1.165, 1.54) is 11.1 Å². The van der Waals surface area contributed by atoms with Crippen molar-refractivity contribution in [1.82, 2.24) is 14.9 Å². The molecule has 0 radical (unpaired) electrons. The quantitative estimate of drug-likeness (QED) is 0.556. The van der Waals surface area contributed by atoms with E-state index >= 15 is 0 Å². The van der Waals surface area contributed by atoms with Gasteiger partial charge in [0.15, 0.2) is 5.76 Å². The van der Waals surface area contributed by atoms with Gasteiger partial charge in [-0.15, -0.1) is 0 Å². The summed E-state index contributed by atoms with van der Waals surface area (Å²) in [5, 5.41) is 3.60. The second kappa shape index (κ2) is 7.79. The van der Waals surface area contributed by atoms with Gasteiger partial charge in [0.25, 0.3) is 11.8 Å². The third-order valence-electron chi connectivity index (χ3n) is 4.63. The number of hydrogen-bond acceptors (Lipinski definition) is 5. The van der Waals surface area contributed by atoms with Crippen molar-refractivity contribution in [1.29, 1.82) is 0 Å². The smallest absolute Gasteiger partial charge is 0.271 e. The molecule has 0 fully saturated rings. The van der Waals surface area contributed by atoms with Crippen molar-refractivity contribution < 1.29 is 14.0 Å². The summed E-state index contributed by atoms with van der Waals surface area (Å²) < 4.78 is 5.46. The number of hydrogen-bond donors (Lipinski definition) is 1. The van der Waals surface area contributed by atoms with E-state index < -0.39 is 0 Å². The Balaban J connectivity index is 1.70. The summed E-state index contributed by atoms with van der Waals surface area (Å²) in [7, 11) is 3.32. The summed E-state index contributed by atoms with van der Waals surface area (Å²) in [5.41, 5.74) is 3.58. The van der Waals surface area contributed by atoms with Crippen molar-refractivity contribution >= 4 is 28.4 Å². The van der Waals surface area contributed by atoms with Crippen LogP contribution in [0.5, 0.6) is 0 Å². The lowest BCUT2D eigenvalue weighted by molar-refractivity contribution is 0.0822. The summed E-state index contributed by atoms with van der Waals surface area (Å²) in [4.78, 5) is 35.3. The molecule has 0 saturated carbocycles. The number of carbonyl (C=O) groups is 2. The molecule has 3 heterocycles. The first kappa shape index (κ1) is 19.3. The van der Waals surface area contributed by atoms with Crippen LogP contribution in [0.3, 0.4) is 0 Å². The minimum atomic E-state index is -0.297. The van der Waals surface area contributed by atoms with Crippen molar-refractivity contribution in [2.45, 2.75) is 6.92 Å². The zero-order chi connectivity index (χ0) is 21.3. The zero-order valence-corrected chi connectivity index (χ0v) is 16.8. The maximum Gasteiger partial charge on any atom is 0.271 e. The number of anilines is 1. The van der Waals surface area contributed by atoms with Crippen LogP contribution in [0, 0.1) is 6.92 Å². The number of carbonyl (C=O) groups excluding carboxylic acids is 2. The van der Waals surface area contributed by atoms with Crippen LogP contribution in [0.15, 0.2) is 65.4 Å². The lowest BCUT2D eigenvalue weighted by atomic mass is 10.0. The summed E-state index contributed by atoms with van der Waals surface area (Å²) in [6, 6.07) is 14.3. The van der Waals surface area contributed by atoms with Gasteiger partial charge >= 0.3 is 0 Å². The van der Waals surface area contributed by atoms with E-state index in [0.717, 1.165) is 10.9 Å². The van der Waals surface area contributed by atoms with Crippen LogP contribution in [-0.4, -0.2) is 40.8 Å². The number of benzene rings is 1. The van der Waals surface area contributed by atoms with Gasteiger partial charge in [-0.25, -0.2) is 9.97 Å². The Labute approximate surface area is 173 Å². The number of nitrogens with zero attached hydrogens (tertiary/aromatic N) is 3. The number of amides is 2. The highest BCUT2D eigenvalue weighted by atomic mass is 16.3. The first-order valence-corrected chi connectivity index (χ1v) is 9.37. The zero-order valence-electron chi connectivity index (χ0n) is 16.8. The number of rotatable bonds is 4. The maximum atomic E-state index is 13.1. The van der Waals surface area contributed by atoms with Gasteiger partial charge in [0, 0.05) is 19.5 Å². The van der Waals surface area contributed by atoms with Gasteiger partial charge in [0.05, 0.1) is 29.2 Å². The second-order valence-electron chi connectivity index (χ2n) is 7.14. The first-order valence-electron chi connectivity index (χ1n) is 9.37. The van der Waals surface area contributed by atoms with Crippen molar-refractivity contribution in [3.63, 3.8) is 0 Å². The highest BCUT2D eigenvalue weighted by Gasteiger charge is 2.16. The van der Waals surface area contributed by atoms with E-state index in [9.17, 15) is 9.59 Å². The highest BCUT2D eigenvalue weighted by molar-refractivity contribution is 6.13.